The predicted molar refractivity (Wildman–Crippen MR) is 164 cm³/mol. The van der Waals surface area contributed by atoms with E-state index in [2.05, 4.69) is 173 Å². The van der Waals surface area contributed by atoms with E-state index >= 15 is 0 Å². The zero-order valence-corrected chi connectivity index (χ0v) is 22.9. The summed E-state index contributed by atoms with van der Waals surface area (Å²) in [5.74, 6) is 0. The Morgan fingerprint density at radius 3 is 0.892 bits per heavy atom. The second kappa shape index (κ2) is 11.3. The summed E-state index contributed by atoms with van der Waals surface area (Å²) in [7, 11) is 8.25. The maximum Gasteiger partial charge on any atom is 0.0361 e. The van der Waals surface area contributed by atoms with Gasteiger partial charge >= 0.3 is 0 Å². The van der Waals surface area contributed by atoms with Crippen molar-refractivity contribution in [1.29, 1.82) is 0 Å². The van der Waals surface area contributed by atoms with Gasteiger partial charge in [0.2, 0.25) is 0 Å². The van der Waals surface area contributed by atoms with Gasteiger partial charge in [-0.15, -0.1) is 0 Å². The van der Waals surface area contributed by atoms with Gasteiger partial charge in [0.1, 0.15) is 0 Å². The topological polar surface area (TPSA) is 6.48 Å². The Morgan fingerprint density at radius 2 is 0.649 bits per heavy atom. The Morgan fingerprint density at radius 1 is 0.405 bits per heavy atom. The van der Waals surface area contributed by atoms with Gasteiger partial charge in [0.15, 0.2) is 0 Å². The molecule has 0 saturated heterocycles. The Balaban J connectivity index is 1.42. The van der Waals surface area contributed by atoms with Gasteiger partial charge in [-0.25, -0.2) is 0 Å². The van der Waals surface area contributed by atoms with Crippen molar-refractivity contribution in [2.45, 2.75) is 19.3 Å². The number of rotatable bonds is 8. The minimum atomic E-state index is -0.0749. The largest absolute Gasteiger partial charge is 0.378 e. The van der Waals surface area contributed by atoms with Crippen LogP contribution in [0.5, 0.6) is 0 Å². The molecule has 2 nitrogen and oxygen atoms in total. The SMILES string of the molecule is CN(C)c1ccc(/C=C/c2ccc(C(C)(C)c3ccc(/C=C/c4ccc(N(C)C)cc4)cc3)cc2)cc1. The first-order chi connectivity index (χ1) is 17.7. The van der Waals surface area contributed by atoms with Gasteiger partial charge in [-0.1, -0.05) is 111 Å². The smallest absolute Gasteiger partial charge is 0.0361 e. The molecule has 0 unspecified atom stereocenters. The summed E-state index contributed by atoms with van der Waals surface area (Å²) in [4.78, 5) is 4.23. The molecule has 0 fully saturated rings. The van der Waals surface area contributed by atoms with E-state index in [0.717, 1.165) is 0 Å². The van der Waals surface area contributed by atoms with Gasteiger partial charge in [0.25, 0.3) is 0 Å². The molecule has 0 spiro atoms. The second-order valence-corrected chi connectivity index (χ2v) is 10.5. The molecular formula is C35H38N2. The van der Waals surface area contributed by atoms with Gasteiger partial charge in [-0.05, 0) is 57.6 Å². The van der Waals surface area contributed by atoms with Crippen LogP contribution >= 0.6 is 0 Å². The Hall–Kier alpha value is -4.04. The van der Waals surface area contributed by atoms with E-state index in [9.17, 15) is 0 Å². The van der Waals surface area contributed by atoms with Gasteiger partial charge in [0, 0.05) is 45.0 Å². The van der Waals surface area contributed by atoms with Crippen molar-refractivity contribution in [3.05, 3.63) is 130 Å². The molecule has 188 valence electrons. The van der Waals surface area contributed by atoms with Gasteiger partial charge in [0.05, 0.1) is 0 Å². The number of nitrogens with zero attached hydrogens (tertiary/aromatic N) is 2. The molecule has 4 rings (SSSR count). The summed E-state index contributed by atoms with van der Waals surface area (Å²) in [5.41, 5.74) is 9.78. The van der Waals surface area contributed by atoms with E-state index in [1.807, 2.05) is 0 Å². The van der Waals surface area contributed by atoms with Gasteiger partial charge in [-0.2, -0.15) is 0 Å². The van der Waals surface area contributed by atoms with Crippen molar-refractivity contribution in [3.8, 4) is 0 Å². The van der Waals surface area contributed by atoms with Crippen LogP contribution in [-0.4, -0.2) is 28.2 Å². The Labute approximate surface area is 223 Å². The lowest BCUT2D eigenvalue weighted by Gasteiger charge is -2.26. The van der Waals surface area contributed by atoms with Crippen LogP contribution in [0.2, 0.25) is 0 Å². The molecule has 0 aromatic heterocycles. The fraction of sp³-hybridized carbons (Fsp3) is 0.200. The van der Waals surface area contributed by atoms with E-state index in [0.29, 0.717) is 0 Å². The maximum atomic E-state index is 2.29. The van der Waals surface area contributed by atoms with Crippen molar-refractivity contribution >= 4 is 35.7 Å². The third-order valence-electron chi connectivity index (χ3n) is 7.02. The van der Waals surface area contributed by atoms with E-state index in [-0.39, 0.29) is 5.41 Å². The molecule has 0 amide bonds. The predicted octanol–water partition coefficient (Wildman–Crippen LogP) is 8.49. The van der Waals surface area contributed by atoms with Crippen molar-refractivity contribution < 1.29 is 0 Å². The molecule has 4 aromatic carbocycles. The van der Waals surface area contributed by atoms with E-state index in [1.165, 1.54) is 44.8 Å². The van der Waals surface area contributed by atoms with Crippen molar-refractivity contribution in [1.82, 2.24) is 0 Å². The highest BCUT2D eigenvalue weighted by Crippen LogP contribution is 2.32. The normalized spacial score (nSPS) is 11.8. The molecule has 0 heterocycles. The molecule has 37 heavy (non-hydrogen) atoms. The van der Waals surface area contributed by atoms with Crippen LogP contribution in [0.25, 0.3) is 24.3 Å². The minimum absolute atomic E-state index is 0.0749. The van der Waals surface area contributed by atoms with E-state index in [4.69, 9.17) is 0 Å². The standard InChI is InChI=1S/C35H38N2/c1-35(2,31-19-11-27(12-20-31)7-9-29-15-23-33(24-16-29)36(3)4)32-21-13-28(14-22-32)8-10-30-17-25-34(26-18-30)37(5)6/h7-26H,1-6H3/b9-7+,10-8+. The quantitative estimate of drug-likeness (QED) is 0.230. The summed E-state index contributed by atoms with van der Waals surface area (Å²) in [6, 6.07) is 35.0. The molecule has 2 heteroatoms. The lowest BCUT2D eigenvalue weighted by atomic mass is 9.78. The number of hydrogen-bond donors (Lipinski definition) is 0. The van der Waals surface area contributed by atoms with Crippen LogP contribution in [0.3, 0.4) is 0 Å². The number of benzene rings is 4. The zero-order chi connectivity index (χ0) is 26.4. The summed E-state index contributed by atoms with van der Waals surface area (Å²) < 4.78 is 0. The lowest BCUT2D eigenvalue weighted by molar-refractivity contribution is 0.641. The third kappa shape index (κ3) is 6.59. The Kier molecular flexibility index (Phi) is 7.98. The average molecular weight is 487 g/mol. The molecule has 0 saturated carbocycles. The molecule has 0 bridgehead atoms. The summed E-state index contributed by atoms with van der Waals surface area (Å²) >= 11 is 0. The number of anilines is 2. The first kappa shape index (κ1) is 26.0. The van der Waals surface area contributed by atoms with Gasteiger partial charge < -0.3 is 9.80 Å². The van der Waals surface area contributed by atoms with E-state index < -0.39 is 0 Å². The monoisotopic (exact) mass is 486 g/mol. The maximum absolute atomic E-state index is 2.29. The highest BCUT2D eigenvalue weighted by molar-refractivity contribution is 5.72. The fourth-order valence-corrected chi connectivity index (χ4v) is 4.34. The molecule has 4 aromatic rings. The zero-order valence-electron chi connectivity index (χ0n) is 22.9. The van der Waals surface area contributed by atoms with Crippen LogP contribution in [0.15, 0.2) is 97.1 Å². The molecule has 0 N–H and O–H groups in total. The van der Waals surface area contributed by atoms with Crippen LogP contribution in [-0.2, 0) is 5.41 Å². The second-order valence-electron chi connectivity index (χ2n) is 10.5. The molecule has 0 atom stereocenters. The first-order valence-electron chi connectivity index (χ1n) is 12.8. The minimum Gasteiger partial charge on any atom is -0.378 e. The van der Waals surface area contributed by atoms with Crippen LogP contribution in [0.4, 0.5) is 11.4 Å². The molecule has 0 aliphatic heterocycles. The number of hydrogen-bond acceptors (Lipinski definition) is 2. The average Bonchev–Trinajstić information content (AvgIpc) is 2.91. The lowest BCUT2D eigenvalue weighted by Crippen LogP contribution is -2.18. The first-order valence-corrected chi connectivity index (χ1v) is 12.8. The highest BCUT2D eigenvalue weighted by Gasteiger charge is 2.22. The van der Waals surface area contributed by atoms with Gasteiger partial charge in [-0.3, -0.25) is 0 Å². The highest BCUT2D eigenvalue weighted by atomic mass is 15.1. The molecule has 0 radical (unpaired) electrons. The van der Waals surface area contributed by atoms with E-state index in [1.54, 1.807) is 0 Å². The van der Waals surface area contributed by atoms with Crippen LogP contribution in [0.1, 0.15) is 47.2 Å². The molecule has 0 aliphatic rings. The molecule has 0 aliphatic carbocycles. The van der Waals surface area contributed by atoms with Crippen LogP contribution in [0, 0.1) is 0 Å². The van der Waals surface area contributed by atoms with Crippen molar-refractivity contribution in [2.75, 3.05) is 38.0 Å². The fourth-order valence-electron chi connectivity index (χ4n) is 4.34. The Bertz CT molecular complexity index is 1230. The van der Waals surface area contributed by atoms with Crippen LogP contribution < -0.4 is 9.80 Å². The molecular weight excluding hydrogens is 448 g/mol. The summed E-state index contributed by atoms with van der Waals surface area (Å²) in [6.45, 7) is 4.59. The third-order valence-corrected chi connectivity index (χ3v) is 7.02. The summed E-state index contributed by atoms with van der Waals surface area (Å²) in [5, 5.41) is 0. The van der Waals surface area contributed by atoms with Crippen molar-refractivity contribution in [2.24, 2.45) is 0 Å². The summed E-state index contributed by atoms with van der Waals surface area (Å²) in [6.07, 6.45) is 8.69. The van der Waals surface area contributed by atoms with Crippen molar-refractivity contribution in [3.63, 3.8) is 0 Å².